The molecule has 2 heterocycles. The van der Waals surface area contributed by atoms with E-state index < -0.39 is 4.92 Å². The van der Waals surface area contributed by atoms with Crippen molar-refractivity contribution in [2.45, 2.75) is 18.9 Å². The summed E-state index contributed by atoms with van der Waals surface area (Å²) in [5, 5.41) is 15.0. The molecule has 0 unspecified atom stereocenters. The van der Waals surface area contributed by atoms with Gasteiger partial charge in [-0.3, -0.25) is 19.8 Å². The highest BCUT2D eigenvalue weighted by atomic mass is 32.1. The maximum absolute atomic E-state index is 12.6. The summed E-state index contributed by atoms with van der Waals surface area (Å²) in [7, 11) is 1.44. The van der Waals surface area contributed by atoms with Gasteiger partial charge in [0.05, 0.1) is 40.9 Å². The second-order valence-corrected chi connectivity index (χ2v) is 7.90. The monoisotopic (exact) mass is 412 g/mol. The summed E-state index contributed by atoms with van der Waals surface area (Å²) in [5.41, 5.74) is 0.941. The Morgan fingerprint density at radius 3 is 2.97 bits per heavy atom. The fraction of sp³-hybridized carbons (Fsp3) is 0.300. The predicted molar refractivity (Wildman–Crippen MR) is 111 cm³/mol. The van der Waals surface area contributed by atoms with Gasteiger partial charge in [0.25, 0.3) is 5.69 Å². The van der Waals surface area contributed by atoms with Crippen LogP contribution in [0, 0.1) is 10.1 Å². The van der Waals surface area contributed by atoms with Crippen molar-refractivity contribution < 1.29 is 14.5 Å². The van der Waals surface area contributed by atoms with Crippen LogP contribution in [0.4, 0.5) is 11.4 Å². The number of ether oxygens (including phenoxy) is 1. The van der Waals surface area contributed by atoms with Crippen molar-refractivity contribution in [3.8, 4) is 5.75 Å². The highest BCUT2D eigenvalue weighted by molar-refractivity contribution is 7.18. The number of hydrogen-bond donors (Lipinski definition) is 1. The van der Waals surface area contributed by atoms with Gasteiger partial charge in [-0.15, -0.1) is 11.3 Å². The highest BCUT2D eigenvalue weighted by Gasteiger charge is 2.30. The molecule has 1 aromatic heterocycles. The molecule has 1 saturated heterocycles. The van der Waals surface area contributed by atoms with Gasteiger partial charge in [-0.05, 0) is 43.7 Å². The number of para-hydroxylation sites is 1. The van der Waals surface area contributed by atoms with Crippen molar-refractivity contribution in [2.75, 3.05) is 25.5 Å². The lowest BCUT2D eigenvalue weighted by atomic mass is 10.2. The Hall–Kier alpha value is -3.04. The molecule has 0 radical (unpaired) electrons. The van der Waals surface area contributed by atoms with E-state index in [2.05, 4.69) is 10.2 Å². The topological polar surface area (TPSA) is 97.6 Å². The van der Waals surface area contributed by atoms with Crippen LogP contribution in [0.3, 0.4) is 0 Å². The SMILES string of the molecule is COc1ccc(NC(=O)CN2CCC[C@H]2c2nc3ccccc3s2)c([N+](=O)[O-])c1. The molecule has 0 spiro atoms. The molecule has 1 amide bonds. The number of carbonyl (C=O) groups excluding carboxylic acids is 1. The first-order valence-electron chi connectivity index (χ1n) is 9.27. The number of benzene rings is 2. The molecule has 0 bridgehead atoms. The van der Waals surface area contributed by atoms with Gasteiger partial charge in [0.1, 0.15) is 16.4 Å². The van der Waals surface area contributed by atoms with Crippen LogP contribution in [-0.4, -0.2) is 40.9 Å². The van der Waals surface area contributed by atoms with Crippen LogP contribution in [0.2, 0.25) is 0 Å². The Kier molecular flexibility index (Phi) is 5.41. The van der Waals surface area contributed by atoms with Gasteiger partial charge in [-0.25, -0.2) is 4.98 Å². The zero-order valence-electron chi connectivity index (χ0n) is 15.8. The molecule has 4 rings (SSSR count). The average molecular weight is 412 g/mol. The number of likely N-dealkylation sites (tertiary alicyclic amines) is 1. The van der Waals surface area contributed by atoms with Crippen molar-refractivity contribution in [2.24, 2.45) is 0 Å². The van der Waals surface area contributed by atoms with Gasteiger partial charge >= 0.3 is 0 Å². The van der Waals surface area contributed by atoms with E-state index in [1.54, 1.807) is 17.4 Å². The lowest BCUT2D eigenvalue weighted by Crippen LogP contribution is -2.33. The van der Waals surface area contributed by atoms with Gasteiger partial charge < -0.3 is 10.1 Å². The highest BCUT2D eigenvalue weighted by Crippen LogP contribution is 2.36. The Labute approximate surface area is 171 Å². The fourth-order valence-electron chi connectivity index (χ4n) is 3.60. The van der Waals surface area contributed by atoms with Crippen molar-refractivity contribution in [1.82, 2.24) is 9.88 Å². The quantitative estimate of drug-likeness (QED) is 0.486. The first-order valence-corrected chi connectivity index (χ1v) is 10.1. The van der Waals surface area contributed by atoms with Crippen LogP contribution in [0.15, 0.2) is 42.5 Å². The van der Waals surface area contributed by atoms with Crippen LogP contribution in [-0.2, 0) is 4.79 Å². The third-order valence-electron chi connectivity index (χ3n) is 4.98. The van der Waals surface area contributed by atoms with E-state index in [0.29, 0.717) is 5.75 Å². The van der Waals surface area contributed by atoms with E-state index >= 15 is 0 Å². The number of nitrogens with zero attached hydrogens (tertiary/aromatic N) is 3. The molecular weight excluding hydrogens is 392 g/mol. The molecule has 1 atom stereocenters. The van der Waals surface area contributed by atoms with Crippen molar-refractivity contribution in [1.29, 1.82) is 0 Å². The molecule has 0 saturated carbocycles. The lowest BCUT2D eigenvalue weighted by Gasteiger charge is -2.22. The summed E-state index contributed by atoms with van der Waals surface area (Å²) >= 11 is 1.65. The largest absolute Gasteiger partial charge is 0.496 e. The molecule has 1 N–H and O–H groups in total. The summed E-state index contributed by atoms with van der Waals surface area (Å²) in [4.78, 5) is 30.2. The maximum atomic E-state index is 12.6. The number of nitro groups is 1. The Bertz CT molecular complexity index is 1030. The van der Waals surface area contributed by atoms with E-state index in [9.17, 15) is 14.9 Å². The van der Waals surface area contributed by atoms with E-state index in [4.69, 9.17) is 9.72 Å². The standard InChI is InChI=1S/C20H20N4O4S/c1-28-13-8-9-14(17(11-13)24(26)27)21-19(25)12-23-10-4-6-16(23)20-22-15-5-2-3-7-18(15)29-20/h2-3,5,7-9,11,16H,4,6,10,12H2,1H3,(H,21,25)/t16-/m0/s1. The van der Waals surface area contributed by atoms with E-state index in [-0.39, 0.29) is 29.9 Å². The average Bonchev–Trinajstić information content (AvgIpc) is 3.34. The molecule has 0 aliphatic carbocycles. The minimum absolute atomic E-state index is 0.0870. The maximum Gasteiger partial charge on any atom is 0.296 e. The third-order valence-corrected chi connectivity index (χ3v) is 6.12. The normalized spacial score (nSPS) is 16.8. The van der Waals surface area contributed by atoms with Gasteiger partial charge in [0.15, 0.2) is 0 Å². The lowest BCUT2D eigenvalue weighted by molar-refractivity contribution is -0.384. The second kappa shape index (κ2) is 8.14. The number of anilines is 1. The van der Waals surface area contributed by atoms with Crippen LogP contribution >= 0.6 is 11.3 Å². The molecule has 1 aliphatic rings. The zero-order valence-corrected chi connectivity index (χ0v) is 16.6. The predicted octanol–water partition coefficient (Wildman–Crippen LogP) is 3.99. The van der Waals surface area contributed by atoms with E-state index in [1.165, 1.54) is 19.2 Å². The van der Waals surface area contributed by atoms with E-state index in [1.807, 2.05) is 24.3 Å². The number of fused-ring (bicyclic) bond motifs is 1. The van der Waals surface area contributed by atoms with Crippen LogP contribution < -0.4 is 10.1 Å². The number of nitrogens with one attached hydrogen (secondary N) is 1. The van der Waals surface area contributed by atoms with Gasteiger partial charge in [0, 0.05) is 0 Å². The minimum atomic E-state index is -0.530. The summed E-state index contributed by atoms with van der Waals surface area (Å²) < 4.78 is 6.16. The minimum Gasteiger partial charge on any atom is -0.496 e. The van der Waals surface area contributed by atoms with Crippen molar-refractivity contribution in [3.05, 3.63) is 57.6 Å². The summed E-state index contributed by atoms with van der Waals surface area (Å²) in [5.74, 6) is 0.0800. The van der Waals surface area contributed by atoms with Crippen molar-refractivity contribution >= 4 is 38.8 Å². The third kappa shape index (κ3) is 4.06. The fourth-order valence-corrected chi connectivity index (χ4v) is 4.73. The van der Waals surface area contributed by atoms with Gasteiger partial charge in [0.2, 0.25) is 5.91 Å². The number of amides is 1. The Balaban J connectivity index is 1.48. The molecule has 150 valence electrons. The molecule has 1 fully saturated rings. The Morgan fingerprint density at radius 1 is 1.38 bits per heavy atom. The summed E-state index contributed by atoms with van der Waals surface area (Å²) in [6.07, 6.45) is 1.92. The van der Waals surface area contributed by atoms with Gasteiger partial charge in [-0.1, -0.05) is 12.1 Å². The first-order chi connectivity index (χ1) is 14.0. The van der Waals surface area contributed by atoms with Crippen LogP contribution in [0.1, 0.15) is 23.9 Å². The van der Waals surface area contributed by atoms with Crippen LogP contribution in [0.5, 0.6) is 5.75 Å². The van der Waals surface area contributed by atoms with Crippen LogP contribution in [0.25, 0.3) is 10.2 Å². The van der Waals surface area contributed by atoms with Crippen molar-refractivity contribution in [3.63, 3.8) is 0 Å². The number of thiazole rings is 1. The number of rotatable bonds is 6. The molecule has 9 heteroatoms. The first kappa shape index (κ1) is 19.3. The molecule has 8 nitrogen and oxygen atoms in total. The number of nitro benzene ring substituents is 1. The number of carbonyl (C=O) groups is 1. The number of hydrogen-bond acceptors (Lipinski definition) is 7. The van der Waals surface area contributed by atoms with E-state index in [0.717, 1.165) is 34.6 Å². The molecule has 2 aromatic carbocycles. The van der Waals surface area contributed by atoms with Gasteiger partial charge in [-0.2, -0.15) is 0 Å². The second-order valence-electron chi connectivity index (χ2n) is 6.84. The molecular formula is C20H20N4O4S. The smallest absolute Gasteiger partial charge is 0.296 e. The summed E-state index contributed by atoms with van der Waals surface area (Å²) in [6, 6.07) is 12.5. The summed E-state index contributed by atoms with van der Waals surface area (Å²) in [6.45, 7) is 0.947. The molecule has 1 aliphatic heterocycles. The Morgan fingerprint density at radius 2 is 2.21 bits per heavy atom. The molecule has 3 aromatic rings. The zero-order chi connectivity index (χ0) is 20.4. The molecule has 29 heavy (non-hydrogen) atoms. The number of methoxy groups -OCH3 is 1. The number of aromatic nitrogens is 1.